The maximum absolute atomic E-state index is 11.9. The molecule has 0 fully saturated rings. The molecule has 166 valence electrons. The molecule has 0 bridgehead atoms. The summed E-state index contributed by atoms with van der Waals surface area (Å²) in [4.78, 5) is 10.5. The van der Waals surface area contributed by atoms with Gasteiger partial charge in [0.25, 0.3) is 5.69 Å². The Hall–Kier alpha value is -4.66. The van der Waals surface area contributed by atoms with Crippen molar-refractivity contribution in [3.8, 4) is 17.6 Å². The number of benzene rings is 4. The lowest BCUT2D eigenvalue weighted by Crippen LogP contribution is -2.25. The number of hydrogen-bond donors (Lipinski definition) is 1. The van der Waals surface area contributed by atoms with Gasteiger partial charge in [-0.25, -0.2) is 0 Å². The van der Waals surface area contributed by atoms with E-state index in [4.69, 9.17) is 4.74 Å². The third-order valence-electron chi connectivity index (χ3n) is 5.15. The van der Waals surface area contributed by atoms with Crippen molar-refractivity contribution >= 4 is 5.69 Å². The Morgan fingerprint density at radius 3 is 1.79 bits per heavy atom. The minimum atomic E-state index is -1.50. The normalized spacial score (nSPS) is 11.3. The van der Waals surface area contributed by atoms with Gasteiger partial charge >= 0.3 is 0 Å². The van der Waals surface area contributed by atoms with Gasteiger partial charge in [-0.1, -0.05) is 84.8 Å². The zero-order valence-corrected chi connectivity index (χ0v) is 18.2. The molecule has 0 aromatic heterocycles. The molecule has 1 N–H and O–H groups in total. The van der Waals surface area contributed by atoms with E-state index in [1.54, 1.807) is 30.3 Å². The maximum atomic E-state index is 11.9. The molecule has 4 aromatic carbocycles. The van der Waals surface area contributed by atoms with Gasteiger partial charge in [0.05, 0.1) is 4.92 Å². The van der Waals surface area contributed by atoms with Crippen LogP contribution >= 0.6 is 0 Å². The van der Waals surface area contributed by atoms with Gasteiger partial charge in [-0.3, -0.25) is 10.1 Å². The molecule has 0 aliphatic rings. The SMILES string of the molecule is O=[N+]([O-])c1ccc(C#C/C(=C/C(O)(c2ccccc2)c2ccccc2)Oc2ccccc2)cc1. The molecule has 4 rings (SSSR count). The first-order chi connectivity index (χ1) is 16.5. The van der Waals surface area contributed by atoms with Gasteiger partial charge in [-0.05, 0) is 41.3 Å². The van der Waals surface area contributed by atoms with E-state index < -0.39 is 10.5 Å². The number of nitro benzene ring substituents is 1. The highest BCUT2D eigenvalue weighted by Gasteiger charge is 2.30. The van der Waals surface area contributed by atoms with Crippen molar-refractivity contribution in [2.45, 2.75) is 5.60 Å². The van der Waals surface area contributed by atoms with E-state index in [1.165, 1.54) is 12.1 Å². The molecule has 0 heterocycles. The maximum Gasteiger partial charge on any atom is 0.269 e. The van der Waals surface area contributed by atoms with Gasteiger partial charge in [0.15, 0.2) is 5.76 Å². The summed E-state index contributed by atoms with van der Waals surface area (Å²) in [6, 6.07) is 33.7. The molecule has 0 unspecified atom stereocenters. The summed E-state index contributed by atoms with van der Waals surface area (Å²) in [5.41, 5.74) is 0.386. The van der Waals surface area contributed by atoms with Crippen LogP contribution in [0.2, 0.25) is 0 Å². The summed E-state index contributed by atoms with van der Waals surface area (Å²) in [5.74, 6) is 6.77. The van der Waals surface area contributed by atoms with Gasteiger partial charge in [0.2, 0.25) is 0 Å². The molecule has 5 nitrogen and oxygen atoms in total. The minimum absolute atomic E-state index is 0.00983. The standard InChI is InChI=1S/C29H21NO4/c31-29(24-10-4-1-5-11-24,25-12-6-2-7-13-25)22-28(34-27-14-8-3-9-15-27)21-18-23-16-19-26(20-17-23)30(32)33/h1-17,19-20,22,31H/b28-22-. The number of non-ortho nitro benzene ring substituents is 1. The minimum Gasteiger partial charge on any atom is -0.449 e. The molecule has 0 amide bonds. The van der Waals surface area contributed by atoms with Crippen LogP contribution in [0.25, 0.3) is 0 Å². The molecular weight excluding hydrogens is 426 g/mol. The van der Waals surface area contributed by atoms with Crippen LogP contribution in [-0.4, -0.2) is 10.0 Å². The number of nitro groups is 1. The summed E-state index contributed by atoms with van der Waals surface area (Å²) in [5, 5.41) is 22.8. The third-order valence-corrected chi connectivity index (χ3v) is 5.15. The van der Waals surface area contributed by atoms with E-state index >= 15 is 0 Å². The van der Waals surface area contributed by atoms with Gasteiger partial charge in [-0.2, -0.15) is 0 Å². The Kier molecular flexibility index (Phi) is 6.83. The lowest BCUT2D eigenvalue weighted by molar-refractivity contribution is -0.384. The van der Waals surface area contributed by atoms with Crippen LogP contribution in [0.5, 0.6) is 5.75 Å². The van der Waals surface area contributed by atoms with E-state index in [2.05, 4.69) is 11.8 Å². The van der Waals surface area contributed by atoms with Crippen molar-refractivity contribution in [3.05, 3.63) is 154 Å². The first kappa shape index (κ1) is 22.5. The third kappa shape index (κ3) is 5.39. The molecule has 4 aromatic rings. The number of ether oxygens (including phenoxy) is 1. The second kappa shape index (κ2) is 10.3. The van der Waals surface area contributed by atoms with Crippen LogP contribution in [-0.2, 0) is 5.60 Å². The Balaban J connectivity index is 1.81. The van der Waals surface area contributed by atoms with E-state index in [9.17, 15) is 15.2 Å². The van der Waals surface area contributed by atoms with Crippen LogP contribution in [0.3, 0.4) is 0 Å². The zero-order chi connectivity index (χ0) is 23.8. The highest BCUT2D eigenvalue weighted by molar-refractivity contribution is 5.48. The Morgan fingerprint density at radius 2 is 1.29 bits per heavy atom. The molecule has 34 heavy (non-hydrogen) atoms. The quantitative estimate of drug-likeness (QED) is 0.174. The van der Waals surface area contributed by atoms with Crippen LogP contribution in [0, 0.1) is 22.0 Å². The van der Waals surface area contributed by atoms with Gasteiger partial charge in [0, 0.05) is 23.8 Å². The molecule has 0 aliphatic carbocycles. The van der Waals surface area contributed by atoms with Crippen molar-refractivity contribution in [3.63, 3.8) is 0 Å². The van der Waals surface area contributed by atoms with Crippen molar-refractivity contribution in [1.82, 2.24) is 0 Å². The largest absolute Gasteiger partial charge is 0.449 e. The Morgan fingerprint density at radius 1 is 0.794 bits per heavy atom. The molecular formula is C29H21NO4. The topological polar surface area (TPSA) is 72.6 Å². The zero-order valence-electron chi connectivity index (χ0n) is 18.2. The van der Waals surface area contributed by atoms with Crippen molar-refractivity contribution in [2.75, 3.05) is 0 Å². The summed E-state index contributed by atoms with van der Waals surface area (Å²) in [6.07, 6.45) is 1.59. The first-order valence-corrected chi connectivity index (χ1v) is 10.6. The average molecular weight is 447 g/mol. The van der Waals surface area contributed by atoms with Crippen LogP contribution in [0.4, 0.5) is 5.69 Å². The molecule has 0 saturated heterocycles. The average Bonchev–Trinajstić information content (AvgIpc) is 2.89. The summed E-state index contributed by atoms with van der Waals surface area (Å²) in [6.45, 7) is 0. The fraction of sp³-hybridized carbons (Fsp3) is 0.0345. The van der Waals surface area contributed by atoms with E-state index in [-0.39, 0.29) is 11.4 Å². The Bertz CT molecular complexity index is 1300. The summed E-state index contributed by atoms with van der Waals surface area (Å²) in [7, 11) is 0. The summed E-state index contributed by atoms with van der Waals surface area (Å²) >= 11 is 0. The number of allylic oxidation sites excluding steroid dienone is 1. The smallest absolute Gasteiger partial charge is 0.269 e. The predicted octanol–water partition coefficient (Wildman–Crippen LogP) is 5.85. The van der Waals surface area contributed by atoms with Crippen LogP contribution in [0.1, 0.15) is 16.7 Å². The highest BCUT2D eigenvalue weighted by Crippen LogP contribution is 2.32. The number of para-hydroxylation sites is 1. The molecule has 0 spiro atoms. The number of nitrogens with zero attached hydrogens (tertiary/aromatic N) is 1. The fourth-order valence-corrected chi connectivity index (χ4v) is 3.41. The Labute approximate surface area is 197 Å². The van der Waals surface area contributed by atoms with E-state index in [0.29, 0.717) is 22.4 Å². The second-order valence-corrected chi connectivity index (χ2v) is 7.48. The van der Waals surface area contributed by atoms with Crippen LogP contribution in [0.15, 0.2) is 127 Å². The summed E-state index contributed by atoms with van der Waals surface area (Å²) < 4.78 is 6.06. The van der Waals surface area contributed by atoms with Gasteiger partial charge < -0.3 is 9.84 Å². The number of rotatable bonds is 6. The molecule has 0 saturated carbocycles. The molecule has 0 radical (unpaired) electrons. The van der Waals surface area contributed by atoms with Crippen molar-refractivity contribution in [2.24, 2.45) is 0 Å². The lowest BCUT2D eigenvalue weighted by atomic mass is 9.85. The monoisotopic (exact) mass is 447 g/mol. The van der Waals surface area contributed by atoms with E-state index in [0.717, 1.165) is 0 Å². The van der Waals surface area contributed by atoms with E-state index in [1.807, 2.05) is 78.9 Å². The molecule has 0 aliphatic heterocycles. The predicted molar refractivity (Wildman–Crippen MR) is 131 cm³/mol. The fourth-order valence-electron chi connectivity index (χ4n) is 3.41. The number of hydrogen-bond acceptors (Lipinski definition) is 4. The molecule has 5 heteroatoms. The first-order valence-electron chi connectivity index (χ1n) is 10.6. The van der Waals surface area contributed by atoms with Crippen molar-refractivity contribution in [1.29, 1.82) is 0 Å². The number of aliphatic hydroxyl groups is 1. The van der Waals surface area contributed by atoms with Crippen LogP contribution < -0.4 is 4.74 Å². The van der Waals surface area contributed by atoms with Gasteiger partial charge in [0.1, 0.15) is 11.4 Å². The highest BCUT2D eigenvalue weighted by atomic mass is 16.6. The lowest BCUT2D eigenvalue weighted by Gasteiger charge is -2.26. The molecule has 0 atom stereocenters. The van der Waals surface area contributed by atoms with Crippen molar-refractivity contribution < 1.29 is 14.8 Å². The van der Waals surface area contributed by atoms with Gasteiger partial charge in [-0.15, -0.1) is 0 Å². The second-order valence-electron chi connectivity index (χ2n) is 7.48.